The van der Waals surface area contributed by atoms with Crippen molar-refractivity contribution in [2.75, 3.05) is 5.32 Å². The summed E-state index contributed by atoms with van der Waals surface area (Å²) in [6.07, 6.45) is 0. The topological polar surface area (TPSA) is 24.9 Å². The third kappa shape index (κ3) is 2.18. The van der Waals surface area contributed by atoms with Crippen molar-refractivity contribution in [2.24, 2.45) is 0 Å². The van der Waals surface area contributed by atoms with Crippen molar-refractivity contribution in [3.05, 3.63) is 66.4 Å². The molecular formula is C16H14N2. The van der Waals surface area contributed by atoms with Crippen molar-refractivity contribution < 1.29 is 0 Å². The molecule has 0 aliphatic rings. The highest BCUT2D eigenvalue weighted by atomic mass is 14.9. The highest BCUT2D eigenvalue weighted by Crippen LogP contribution is 2.21. The van der Waals surface area contributed by atoms with Gasteiger partial charge in [0.1, 0.15) is 0 Å². The summed E-state index contributed by atoms with van der Waals surface area (Å²) in [6, 6.07) is 20.5. The molecule has 0 aliphatic heterocycles. The third-order valence-corrected chi connectivity index (χ3v) is 2.89. The molecule has 1 aromatic heterocycles. The predicted octanol–water partition coefficient (Wildman–Crippen LogP) is 4.29. The summed E-state index contributed by atoms with van der Waals surface area (Å²) in [5.74, 6) is 0. The Balaban J connectivity index is 1.96. The molecule has 0 bridgehead atoms. The second-order valence-corrected chi connectivity index (χ2v) is 4.35. The van der Waals surface area contributed by atoms with Crippen LogP contribution in [0.15, 0.2) is 60.7 Å². The van der Waals surface area contributed by atoms with Gasteiger partial charge >= 0.3 is 0 Å². The van der Waals surface area contributed by atoms with E-state index in [1.807, 2.05) is 37.3 Å². The van der Waals surface area contributed by atoms with E-state index < -0.39 is 0 Å². The molecule has 88 valence electrons. The van der Waals surface area contributed by atoms with Gasteiger partial charge in [0.25, 0.3) is 0 Å². The van der Waals surface area contributed by atoms with Crippen LogP contribution in [0.3, 0.4) is 0 Å². The standard InChI is InChI=1S/C16H14N2/c1-12-7-8-13-11-15(9-10-16(13)17-12)18-14-5-3-2-4-6-14/h2-11,18H,1H3. The predicted molar refractivity (Wildman–Crippen MR) is 76.2 cm³/mol. The summed E-state index contributed by atoms with van der Waals surface area (Å²) >= 11 is 0. The lowest BCUT2D eigenvalue weighted by Crippen LogP contribution is -1.90. The average molecular weight is 234 g/mol. The normalized spacial score (nSPS) is 10.5. The van der Waals surface area contributed by atoms with Crippen LogP contribution in [0.25, 0.3) is 10.9 Å². The number of rotatable bonds is 2. The Kier molecular flexibility index (Phi) is 2.69. The smallest absolute Gasteiger partial charge is 0.0706 e. The molecule has 3 rings (SSSR count). The lowest BCUT2D eigenvalue weighted by atomic mass is 10.2. The average Bonchev–Trinajstić information content (AvgIpc) is 2.40. The molecular weight excluding hydrogens is 220 g/mol. The number of para-hydroxylation sites is 1. The first-order chi connectivity index (χ1) is 8.81. The Hall–Kier alpha value is -2.35. The molecule has 0 fully saturated rings. The second kappa shape index (κ2) is 4.49. The fraction of sp³-hybridized carbons (Fsp3) is 0.0625. The van der Waals surface area contributed by atoms with Gasteiger partial charge in [-0.25, -0.2) is 0 Å². The number of nitrogens with zero attached hydrogens (tertiary/aromatic N) is 1. The van der Waals surface area contributed by atoms with Crippen LogP contribution in [-0.4, -0.2) is 4.98 Å². The van der Waals surface area contributed by atoms with Gasteiger partial charge < -0.3 is 5.32 Å². The summed E-state index contributed by atoms with van der Waals surface area (Å²) in [4.78, 5) is 4.50. The minimum Gasteiger partial charge on any atom is -0.356 e. The number of hydrogen-bond donors (Lipinski definition) is 1. The zero-order valence-electron chi connectivity index (χ0n) is 10.2. The number of nitrogens with one attached hydrogen (secondary N) is 1. The van der Waals surface area contributed by atoms with Crippen molar-refractivity contribution in [1.29, 1.82) is 0 Å². The lowest BCUT2D eigenvalue weighted by Gasteiger charge is -2.07. The maximum atomic E-state index is 4.50. The first kappa shape index (κ1) is 10.8. The number of aryl methyl sites for hydroxylation is 1. The number of pyridine rings is 1. The first-order valence-corrected chi connectivity index (χ1v) is 6.01. The van der Waals surface area contributed by atoms with Crippen LogP contribution in [0.2, 0.25) is 0 Å². The molecule has 1 heterocycles. The van der Waals surface area contributed by atoms with Gasteiger partial charge in [0.05, 0.1) is 5.52 Å². The molecule has 2 nitrogen and oxygen atoms in total. The zero-order chi connectivity index (χ0) is 12.4. The molecule has 0 saturated heterocycles. The van der Waals surface area contributed by atoms with E-state index in [9.17, 15) is 0 Å². The van der Waals surface area contributed by atoms with Gasteiger partial charge in [0.15, 0.2) is 0 Å². The Morgan fingerprint density at radius 2 is 1.67 bits per heavy atom. The van der Waals surface area contributed by atoms with Gasteiger partial charge in [-0.05, 0) is 43.3 Å². The molecule has 0 radical (unpaired) electrons. The van der Waals surface area contributed by atoms with E-state index in [-0.39, 0.29) is 0 Å². The minimum absolute atomic E-state index is 1.04. The van der Waals surface area contributed by atoms with Crippen LogP contribution in [0.5, 0.6) is 0 Å². The molecule has 0 saturated carbocycles. The quantitative estimate of drug-likeness (QED) is 0.715. The molecule has 2 aromatic carbocycles. The van der Waals surface area contributed by atoms with E-state index in [2.05, 4.69) is 40.6 Å². The summed E-state index contributed by atoms with van der Waals surface area (Å²) in [5, 5.41) is 4.54. The van der Waals surface area contributed by atoms with Crippen molar-refractivity contribution >= 4 is 22.3 Å². The number of fused-ring (bicyclic) bond motifs is 1. The molecule has 3 aromatic rings. The monoisotopic (exact) mass is 234 g/mol. The Morgan fingerprint density at radius 1 is 0.833 bits per heavy atom. The highest BCUT2D eigenvalue weighted by molar-refractivity contribution is 5.83. The van der Waals surface area contributed by atoms with Crippen LogP contribution in [0.1, 0.15) is 5.69 Å². The van der Waals surface area contributed by atoms with Crippen LogP contribution >= 0.6 is 0 Å². The number of benzene rings is 2. The van der Waals surface area contributed by atoms with E-state index in [4.69, 9.17) is 0 Å². The highest BCUT2D eigenvalue weighted by Gasteiger charge is 1.98. The second-order valence-electron chi connectivity index (χ2n) is 4.35. The van der Waals surface area contributed by atoms with Crippen molar-refractivity contribution in [2.45, 2.75) is 6.92 Å². The number of aromatic nitrogens is 1. The van der Waals surface area contributed by atoms with Gasteiger partial charge in [-0.1, -0.05) is 24.3 Å². The molecule has 0 aliphatic carbocycles. The van der Waals surface area contributed by atoms with Crippen molar-refractivity contribution in [3.8, 4) is 0 Å². The molecule has 2 heteroatoms. The van der Waals surface area contributed by atoms with Crippen molar-refractivity contribution in [1.82, 2.24) is 4.98 Å². The van der Waals surface area contributed by atoms with Gasteiger partial charge in [-0.15, -0.1) is 0 Å². The largest absolute Gasteiger partial charge is 0.356 e. The van der Waals surface area contributed by atoms with E-state index in [0.717, 1.165) is 28.0 Å². The van der Waals surface area contributed by atoms with E-state index in [0.29, 0.717) is 0 Å². The van der Waals surface area contributed by atoms with Crippen LogP contribution in [-0.2, 0) is 0 Å². The maximum Gasteiger partial charge on any atom is 0.0706 e. The maximum absolute atomic E-state index is 4.50. The number of hydrogen-bond acceptors (Lipinski definition) is 2. The summed E-state index contributed by atoms with van der Waals surface area (Å²) in [6.45, 7) is 2.01. The fourth-order valence-electron chi connectivity index (χ4n) is 1.99. The Labute approximate surface area is 106 Å². The molecule has 0 spiro atoms. The molecule has 0 atom stereocenters. The zero-order valence-corrected chi connectivity index (χ0v) is 10.2. The Morgan fingerprint density at radius 3 is 2.50 bits per heavy atom. The minimum atomic E-state index is 1.04. The lowest BCUT2D eigenvalue weighted by molar-refractivity contribution is 1.26. The summed E-state index contributed by atoms with van der Waals surface area (Å²) < 4.78 is 0. The Bertz CT molecular complexity index is 675. The third-order valence-electron chi connectivity index (χ3n) is 2.89. The van der Waals surface area contributed by atoms with Crippen LogP contribution in [0, 0.1) is 6.92 Å². The molecule has 0 amide bonds. The summed E-state index contributed by atoms with van der Waals surface area (Å²) in [7, 11) is 0. The van der Waals surface area contributed by atoms with Crippen molar-refractivity contribution in [3.63, 3.8) is 0 Å². The van der Waals surface area contributed by atoms with Gasteiger partial charge in [0.2, 0.25) is 0 Å². The molecule has 0 unspecified atom stereocenters. The molecule has 1 N–H and O–H groups in total. The van der Waals surface area contributed by atoms with Gasteiger partial charge in [-0.2, -0.15) is 0 Å². The van der Waals surface area contributed by atoms with Gasteiger partial charge in [-0.3, -0.25) is 4.98 Å². The van der Waals surface area contributed by atoms with Gasteiger partial charge in [0, 0.05) is 22.5 Å². The van der Waals surface area contributed by atoms with E-state index in [1.165, 1.54) is 0 Å². The van der Waals surface area contributed by atoms with Crippen LogP contribution < -0.4 is 5.32 Å². The van der Waals surface area contributed by atoms with Crippen LogP contribution in [0.4, 0.5) is 11.4 Å². The fourth-order valence-corrected chi connectivity index (χ4v) is 1.99. The van der Waals surface area contributed by atoms with E-state index >= 15 is 0 Å². The SMILES string of the molecule is Cc1ccc2cc(Nc3ccccc3)ccc2n1. The summed E-state index contributed by atoms with van der Waals surface area (Å²) in [5.41, 5.74) is 4.26. The van der Waals surface area contributed by atoms with E-state index in [1.54, 1.807) is 0 Å². The molecule has 18 heavy (non-hydrogen) atoms. The number of anilines is 2. The first-order valence-electron chi connectivity index (χ1n) is 6.01.